The van der Waals surface area contributed by atoms with Crippen molar-refractivity contribution in [2.45, 2.75) is 0 Å². The van der Waals surface area contributed by atoms with E-state index in [1.165, 1.54) is 16.7 Å². The largest absolute Gasteiger partial charge is 0.673 e. The van der Waals surface area contributed by atoms with Crippen molar-refractivity contribution in [2.75, 3.05) is 0 Å². The fourth-order valence-electron chi connectivity index (χ4n) is 2.06. The molecule has 0 unspecified atom stereocenters. The number of rotatable bonds is 1. The van der Waals surface area contributed by atoms with Crippen LogP contribution in [-0.2, 0) is 7.05 Å². The Morgan fingerprint density at radius 2 is 1.38 bits per heavy atom. The number of halogens is 4. The van der Waals surface area contributed by atoms with Crippen molar-refractivity contribution in [3.63, 3.8) is 0 Å². The maximum absolute atomic E-state index is 9.75. The Kier molecular flexibility index (Phi) is 4.30. The van der Waals surface area contributed by atoms with Crippen molar-refractivity contribution in [3.05, 3.63) is 60.9 Å². The zero-order chi connectivity index (χ0) is 15.5. The van der Waals surface area contributed by atoms with Crippen LogP contribution in [0.15, 0.2) is 60.9 Å². The van der Waals surface area contributed by atoms with E-state index in [1.807, 2.05) is 6.07 Å². The smallest absolute Gasteiger partial charge is 0.418 e. The highest BCUT2D eigenvalue weighted by molar-refractivity contribution is 6.50. The third kappa shape index (κ3) is 4.08. The molecule has 2 aromatic carbocycles. The van der Waals surface area contributed by atoms with Crippen LogP contribution in [0, 0.1) is 0 Å². The van der Waals surface area contributed by atoms with Crippen molar-refractivity contribution in [2.24, 2.45) is 7.05 Å². The molecule has 0 radical (unpaired) electrons. The minimum absolute atomic E-state index is 1.19. The Bertz CT molecular complexity index is 717. The van der Waals surface area contributed by atoms with Crippen LogP contribution in [0.2, 0.25) is 0 Å². The highest BCUT2D eigenvalue weighted by Crippen LogP contribution is 2.15. The van der Waals surface area contributed by atoms with Crippen LogP contribution in [0.25, 0.3) is 16.7 Å². The van der Waals surface area contributed by atoms with Gasteiger partial charge in [-0.05, 0) is 24.3 Å². The average Bonchev–Trinajstić information content (AvgIpc) is 2.76. The fraction of sp³-hybridized carbons (Fsp3) is 0.0714. The molecule has 0 atom stereocenters. The fourth-order valence-corrected chi connectivity index (χ4v) is 2.06. The SMILES string of the molecule is C[n+]1cn(-c2ccccc2)c2ccccc21.F[B-](F)(F)F. The Morgan fingerprint density at radius 1 is 0.857 bits per heavy atom. The number of fused-ring (bicyclic) bond motifs is 1. The van der Waals surface area contributed by atoms with Gasteiger partial charge in [0.15, 0.2) is 11.0 Å². The van der Waals surface area contributed by atoms with Crippen LogP contribution in [0.3, 0.4) is 0 Å². The molecule has 0 bridgehead atoms. The highest BCUT2D eigenvalue weighted by atomic mass is 19.5. The second-order valence-corrected chi connectivity index (χ2v) is 4.42. The molecule has 2 nitrogen and oxygen atoms in total. The molecule has 0 aliphatic heterocycles. The molecule has 7 heteroatoms. The summed E-state index contributed by atoms with van der Waals surface area (Å²) < 4.78 is 43.3. The summed E-state index contributed by atoms with van der Waals surface area (Å²) in [5, 5.41) is 0. The summed E-state index contributed by atoms with van der Waals surface area (Å²) in [6.07, 6.45) is 2.11. The minimum Gasteiger partial charge on any atom is -0.418 e. The van der Waals surface area contributed by atoms with Crippen LogP contribution in [-0.4, -0.2) is 11.8 Å². The van der Waals surface area contributed by atoms with Gasteiger partial charge in [-0.25, -0.2) is 4.57 Å². The summed E-state index contributed by atoms with van der Waals surface area (Å²) in [6.45, 7) is 0. The zero-order valence-electron chi connectivity index (χ0n) is 11.3. The number of benzene rings is 2. The van der Waals surface area contributed by atoms with Gasteiger partial charge in [-0.3, -0.25) is 0 Å². The normalized spacial score (nSPS) is 11.1. The third-order valence-electron chi connectivity index (χ3n) is 2.84. The van der Waals surface area contributed by atoms with Gasteiger partial charge in [0.1, 0.15) is 5.69 Å². The van der Waals surface area contributed by atoms with Gasteiger partial charge in [0, 0.05) is 0 Å². The average molecular weight is 296 g/mol. The molecule has 0 saturated heterocycles. The molecule has 0 aliphatic rings. The molecular formula is C14H13BF4N2. The van der Waals surface area contributed by atoms with Gasteiger partial charge in [0.25, 0.3) is 0 Å². The van der Waals surface area contributed by atoms with E-state index in [0.717, 1.165) is 0 Å². The molecule has 0 aliphatic carbocycles. The molecule has 0 N–H and O–H groups in total. The van der Waals surface area contributed by atoms with Gasteiger partial charge in [0.2, 0.25) is 6.33 Å². The van der Waals surface area contributed by atoms with Crippen LogP contribution in [0.4, 0.5) is 17.3 Å². The molecule has 1 heterocycles. The second-order valence-electron chi connectivity index (χ2n) is 4.42. The lowest BCUT2D eigenvalue weighted by atomic mass is 10.3. The number of hydrogen-bond acceptors (Lipinski definition) is 0. The van der Waals surface area contributed by atoms with Crippen molar-refractivity contribution in [3.8, 4) is 5.69 Å². The van der Waals surface area contributed by atoms with E-state index in [2.05, 4.69) is 71.0 Å². The van der Waals surface area contributed by atoms with Crippen molar-refractivity contribution >= 4 is 18.3 Å². The van der Waals surface area contributed by atoms with Crippen LogP contribution in [0.1, 0.15) is 0 Å². The zero-order valence-corrected chi connectivity index (χ0v) is 11.3. The first kappa shape index (κ1) is 15.1. The lowest BCUT2D eigenvalue weighted by Crippen LogP contribution is -2.25. The predicted octanol–water partition coefficient (Wildman–Crippen LogP) is 3.76. The summed E-state index contributed by atoms with van der Waals surface area (Å²) in [5.41, 5.74) is 3.67. The quantitative estimate of drug-likeness (QED) is 0.367. The first-order valence-electron chi connectivity index (χ1n) is 6.25. The molecule has 0 amide bonds. The molecule has 3 rings (SSSR count). The van der Waals surface area contributed by atoms with E-state index in [-0.39, 0.29) is 0 Å². The minimum atomic E-state index is -6.00. The molecule has 110 valence electrons. The number of aryl methyl sites for hydroxylation is 1. The standard InChI is InChI=1S/C14H13N2.BF4/c1-15-11-16(12-7-3-2-4-8-12)14-10-6-5-9-13(14)15;2-1(3,4)5/h2-11H,1H3;/q+1;-1. The number of para-hydroxylation sites is 3. The molecule has 21 heavy (non-hydrogen) atoms. The molecule has 1 aromatic heterocycles. The van der Waals surface area contributed by atoms with Gasteiger partial charge in [-0.2, -0.15) is 4.57 Å². The third-order valence-corrected chi connectivity index (χ3v) is 2.84. The van der Waals surface area contributed by atoms with Gasteiger partial charge < -0.3 is 17.3 Å². The highest BCUT2D eigenvalue weighted by Gasteiger charge is 2.20. The summed E-state index contributed by atoms with van der Waals surface area (Å²) >= 11 is 0. The number of aromatic nitrogens is 2. The Morgan fingerprint density at radius 3 is 2.00 bits per heavy atom. The summed E-state index contributed by atoms with van der Waals surface area (Å²) in [4.78, 5) is 0. The van der Waals surface area contributed by atoms with Gasteiger partial charge in [-0.1, -0.05) is 30.3 Å². The number of hydrogen-bond donors (Lipinski definition) is 0. The summed E-state index contributed by atoms with van der Waals surface area (Å²) in [7, 11) is -3.93. The lowest BCUT2D eigenvalue weighted by molar-refractivity contribution is -0.645. The van der Waals surface area contributed by atoms with E-state index in [1.54, 1.807) is 0 Å². The Labute approximate surface area is 119 Å². The van der Waals surface area contributed by atoms with Gasteiger partial charge >= 0.3 is 7.25 Å². The van der Waals surface area contributed by atoms with Crippen molar-refractivity contribution < 1.29 is 21.8 Å². The van der Waals surface area contributed by atoms with Gasteiger partial charge in [0.05, 0.1) is 7.05 Å². The second kappa shape index (κ2) is 5.99. The predicted molar refractivity (Wildman–Crippen MR) is 74.6 cm³/mol. The summed E-state index contributed by atoms with van der Waals surface area (Å²) in [5.74, 6) is 0. The lowest BCUT2D eigenvalue weighted by Gasteiger charge is -1.95. The molecule has 0 fully saturated rings. The monoisotopic (exact) mass is 296 g/mol. The van der Waals surface area contributed by atoms with E-state index in [4.69, 9.17) is 0 Å². The first-order valence-corrected chi connectivity index (χ1v) is 6.25. The maximum Gasteiger partial charge on any atom is 0.673 e. The first-order chi connectivity index (χ1) is 9.86. The Balaban J connectivity index is 0.000000282. The Hall–Kier alpha value is -2.31. The van der Waals surface area contributed by atoms with E-state index in [0.29, 0.717) is 0 Å². The summed E-state index contributed by atoms with van der Waals surface area (Å²) in [6, 6.07) is 18.8. The van der Waals surface area contributed by atoms with E-state index >= 15 is 0 Å². The molecule has 0 saturated carbocycles. The van der Waals surface area contributed by atoms with E-state index in [9.17, 15) is 17.3 Å². The van der Waals surface area contributed by atoms with E-state index < -0.39 is 7.25 Å². The molecule has 3 aromatic rings. The van der Waals surface area contributed by atoms with Gasteiger partial charge in [-0.15, -0.1) is 0 Å². The molecule has 0 spiro atoms. The van der Waals surface area contributed by atoms with Crippen LogP contribution in [0.5, 0.6) is 0 Å². The van der Waals surface area contributed by atoms with Crippen molar-refractivity contribution in [1.29, 1.82) is 0 Å². The van der Waals surface area contributed by atoms with Crippen LogP contribution >= 0.6 is 0 Å². The number of nitrogens with zero attached hydrogens (tertiary/aromatic N) is 2. The molecular weight excluding hydrogens is 283 g/mol. The van der Waals surface area contributed by atoms with Crippen molar-refractivity contribution in [1.82, 2.24) is 4.57 Å². The topological polar surface area (TPSA) is 8.81 Å². The van der Waals surface area contributed by atoms with Crippen LogP contribution < -0.4 is 4.57 Å². The number of imidazole rings is 1. The maximum atomic E-state index is 9.75.